The largest absolute Gasteiger partial charge is 0.484 e. The van der Waals surface area contributed by atoms with Gasteiger partial charge in [0, 0.05) is 17.8 Å². The second-order valence-electron chi connectivity index (χ2n) is 5.98. The third-order valence-corrected chi connectivity index (χ3v) is 4.03. The molecule has 1 N–H and O–H groups in total. The first-order chi connectivity index (χ1) is 13.0. The van der Waals surface area contributed by atoms with Crippen molar-refractivity contribution in [3.8, 4) is 16.9 Å². The first-order valence-electron chi connectivity index (χ1n) is 8.36. The van der Waals surface area contributed by atoms with E-state index in [2.05, 4.69) is 5.32 Å². The molecule has 0 heterocycles. The molecule has 3 aromatic carbocycles. The standard InChI is InChI=1S/C21H18N2O4/c1-15-13-18(23(25)26)9-12-20(15)22-21(24)14-27-19-10-7-17(8-11-19)16-5-3-2-4-6-16/h2-13H,14H2,1H3,(H,22,24). The lowest BCUT2D eigenvalue weighted by molar-refractivity contribution is -0.384. The number of nitrogens with one attached hydrogen (secondary N) is 1. The number of nitro groups is 1. The molecule has 6 heteroatoms. The van der Waals surface area contributed by atoms with E-state index < -0.39 is 4.92 Å². The number of hydrogen-bond donors (Lipinski definition) is 1. The molecule has 1 amide bonds. The van der Waals surface area contributed by atoms with Crippen LogP contribution in [0.15, 0.2) is 72.8 Å². The van der Waals surface area contributed by atoms with Crippen molar-refractivity contribution in [3.05, 3.63) is 88.5 Å². The van der Waals surface area contributed by atoms with Crippen LogP contribution in [0.2, 0.25) is 0 Å². The van der Waals surface area contributed by atoms with E-state index in [1.807, 2.05) is 54.6 Å². The summed E-state index contributed by atoms with van der Waals surface area (Å²) in [6.07, 6.45) is 0. The molecule has 0 aliphatic rings. The quantitative estimate of drug-likeness (QED) is 0.514. The summed E-state index contributed by atoms with van der Waals surface area (Å²) in [6.45, 7) is 1.55. The van der Waals surface area contributed by atoms with Crippen LogP contribution in [-0.4, -0.2) is 17.4 Å². The summed E-state index contributed by atoms with van der Waals surface area (Å²) in [5.74, 6) is 0.254. The molecule has 0 fully saturated rings. The number of ether oxygens (including phenoxy) is 1. The average Bonchev–Trinajstić information content (AvgIpc) is 2.69. The molecular weight excluding hydrogens is 344 g/mol. The Bertz CT molecular complexity index is 954. The van der Waals surface area contributed by atoms with Crippen LogP contribution < -0.4 is 10.1 Å². The zero-order chi connectivity index (χ0) is 19.2. The molecule has 0 spiro atoms. The van der Waals surface area contributed by atoms with E-state index in [0.29, 0.717) is 17.0 Å². The van der Waals surface area contributed by atoms with Gasteiger partial charge in [-0.15, -0.1) is 0 Å². The number of carbonyl (C=O) groups excluding carboxylic acids is 1. The highest BCUT2D eigenvalue weighted by atomic mass is 16.6. The molecule has 6 nitrogen and oxygen atoms in total. The molecule has 0 atom stereocenters. The minimum Gasteiger partial charge on any atom is -0.484 e. The van der Waals surface area contributed by atoms with Crippen molar-refractivity contribution in [2.45, 2.75) is 6.92 Å². The van der Waals surface area contributed by atoms with Gasteiger partial charge in [-0.2, -0.15) is 0 Å². The predicted octanol–water partition coefficient (Wildman–Crippen LogP) is 4.59. The molecule has 136 valence electrons. The molecule has 3 rings (SSSR count). The van der Waals surface area contributed by atoms with Gasteiger partial charge in [0.1, 0.15) is 5.75 Å². The monoisotopic (exact) mass is 362 g/mol. The van der Waals surface area contributed by atoms with Crippen LogP contribution in [0.5, 0.6) is 5.75 Å². The molecule has 0 aliphatic heterocycles. The van der Waals surface area contributed by atoms with E-state index in [0.717, 1.165) is 11.1 Å². The Morgan fingerprint density at radius 1 is 1.00 bits per heavy atom. The topological polar surface area (TPSA) is 81.5 Å². The number of hydrogen-bond acceptors (Lipinski definition) is 4. The van der Waals surface area contributed by atoms with Crippen molar-refractivity contribution in [2.75, 3.05) is 11.9 Å². The number of benzene rings is 3. The van der Waals surface area contributed by atoms with Crippen molar-refractivity contribution in [2.24, 2.45) is 0 Å². The fraction of sp³-hybridized carbons (Fsp3) is 0.0952. The van der Waals surface area contributed by atoms with Crippen molar-refractivity contribution < 1.29 is 14.5 Å². The van der Waals surface area contributed by atoms with Gasteiger partial charge in [0.25, 0.3) is 11.6 Å². The number of nitrogens with zero attached hydrogens (tertiary/aromatic N) is 1. The maximum Gasteiger partial charge on any atom is 0.269 e. The van der Waals surface area contributed by atoms with Crippen LogP contribution in [0.4, 0.5) is 11.4 Å². The van der Waals surface area contributed by atoms with Gasteiger partial charge in [-0.05, 0) is 41.8 Å². The molecule has 0 unspecified atom stereocenters. The summed E-state index contributed by atoms with van der Waals surface area (Å²) < 4.78 is 5.51. The average molecular weight is 362 g/mol. The summed E-state index contributed by atoms with van der Waals surface area (Å²) in [5.41, 5.74) is 3.29. The van der Waals surface area contributed by atoms with Crippen molar-refractivity contribution in [3.63, 3.8) is 0 Å². The van der Waals surface area contributed by atoms with Gasteiger partial charge in [-0.1, -0.05) is 42.5 Å². The van der Waals surface area contributed by atoms with Crippen LogP contribution in [0.1, 0.15) is 5.56 Å². The van der Waals surface area contributed by atoms with Gasteiger partial charge < -0.3 is 10.1 Å². The molecule has 0 radical (unpaired) electrons. The summed E-state index contributed by atoms with van der Waals surface area (Å²) in [6, 6.07) is 21.7. The molecule has 27 heavy (non-hydrogen) atoms. The number of rotatable bonds is 6. The van der Waals surface area contributed by atoms with Crippen molar-refractivity contribution in [1.29, 1.82) is 0 Å². The van der Waals surface area contributed by atoms with E-state index >= 15 is 0 Å². The van der Waals surface area contributed by atoms with Gasteiger partial charge in [0.15, 0.2) is 6.61 Å². The van der Waals surface area contributed by atoms with E-state index in [9.17, 15) is 14.9 Å². The Labute approximate surface area is 156 Å². The maximum atomic E-state index is 12.1. The Morgan fingerprint density at radius 3 is 2.30 bits per heavy atom. The SMILES string of the molecule is Cc1cc([N+](=O)[O-])ccc1NC(=O)COc1ccc(-c2ccccc2)cc1. The van der Waals surface area contributed by atoms with Gasteiger partial charge in [0.05, 0.1) is 4.92 Å². The lowest BCUT2D eigenvalue weighted by Crippen LogP contribution is -2.20. The molecular formula is C21H18N2O4. The molecule has 0 saturated heterocycles. The number of carbonyl (C=O) groups is 1. The molecule has 0 aromatic heterocycles. The lowest BCUT2D eigenvalue weighted by atomic mass is 10.1. The zero-order valence-electron chi connectivity index (χ0n) is 14.7. The van der Waals surface area contributed by atoms with E-state index in [4.69, 9.17) is 4.74 Å². The van der Waals surface area contributed by atoms with Gasteiger partial charge >= 0.3 is 0 Å². The first-order valence-corrected chi connectivity index (χ1v) is 8.36. The molecule has 0 aliphatic carbocycles. The lowest BCUT2D eigenvalue weighted by Gasteiger charge is -2.10. The Morgan fingerprint density at radius 2 is 1.67 bits per heavy atom. The maximum absolute atomic E-state index is 12.1. The normalized spacial score (nSPS) is 10.3. The summed E-state index contributed by atoms with van der Waals surface area (Å²) in [7, 11) is 0. The fourth-order valence-corrected chi connectivity index (χ4v) is 2.61. The summed E-state index contributed by atoms with van der Waals surface area (Å²) in [5, 5.41) is 13.5. The Kier molecular flexibility index (Phi) is 5.47. The summed E-state index contributed by atoms with van der Waals surface area (Å²) in [4.78, 5) is 22.4. The molecule has 0 saturated carbocycles. The third-order valence-electron chi connectivity index (χ3n) is 4.03. The highest BCUT2D eigenvalue weighted by Gasteiger charge is 2.10. The molecule has 3 aromatic rings. The second kappa shape index (κ2) is 8.14. The summed E-state index contributed by atoms with van der Waals surface area (Å²) >= 11 is 0. The van der Waals surface area contributed by atoms with Crippen LogP contribution in [-0.2, 0) is 4.79 Å². The van der Waals surface area contributed by atoms with Crippen molar-refractivity contribution in [1.82, 2.24) is 0 Å². The predicted molar refractivity (Wildman–Crippen MR) is 104 cm³/mol. The van der Waals surface area contributed by atoms with E-state index in [1.54, 1.807) is 6.92 Å². The minimum atomic E-state index is -0.471. The van der Waals surface area contributed by atoms with E-state index in [-0.39, 0.29) is 18.2 Å². The number of nitro benzene ring substituents is 1. The van der Waals surface area contributed by atoms with Gasteiger partial charge in [0.2, 0.25) is 0 Å². The van der Waals surface area contributed by atoms with Crippen LogP contribution in [0, 0.1) is 17.0 Å². The minimum absolute atomic E-state index is 0.0137. The smallest absolute Gasteiger partial charge is 0.269 e. The number of non-ortho nitro benzene ring substituents is 1. The highest BCUT2D eigenvalue weighted by Crippen LogP contribution is 2.23. The second-order valence-corrected chi connectivity index (χ2v) is 5.98. The van der Waals surface area contributed by atoms with Gasteiger partial charge in [-0.3, -0.25) is 14.9 Å². The highest BCUT2D eigenvalue weighted by molar-refractivity contribution is 5.92. The Balaban J connectivity index is 1.57. The van der Waals surface area contributed by atoms with Crippen LogP contribution in [0.3, 0.4) is 0 Å². The van der Waals surface area contributed by atoms with Gasteiger partial charge in [-0.25, -0.2) is 0 Å². The first kappa shape index (κ1) is 18.1. The van der Waals surface area contributed by atoms with Crippen molar-refractivity contribution >= 4 is 17.3 Å². The fourth-order valence-electron chi connectivity index (χ4n) is 2.61. The number of anilines is 1. The Hall–Kier alpha value is -3.67. The van der Waals surface area contributed by atoms with Crippen LogP contribution in [0.25, 0.3) is 11.1 Å². The van der Waals surface area contributed by atoms with Crippen LogP contribution >= 0.6 is 0 Å². The zero-order valence-corrected chi connectivity index (χ0v) is 14.7. The number of aryl methyl sites for hydroxylation is 1. The third kappa shape index (κ3) is 4.70. The van der Waals surface area contributed by atoms with E-state index in [1.165, 1.54) is 18.2 Å². The number of amides is 1. The molecule has 0 bridgehead atoms.